The Kier molecular flexibility index (Phi) is 11.0. The van der Waals surface area contributed by atoms with Gasteiger partial charge in [-0.3, -0.25) is 0 Å². The zero-order chi connectivity index (χ0) is 30.3. The third-order valence-electron chi connectivity index (χ3n) is 8.35. The number of aliphatic hydroxyl groups is 6. The molecule has 0 unspecified atom stereocenters. The first-order chi connectivity index (χ1) is 19.2. The largest absolute Gasteiger partial charge is 0.394 e. The summed E-state index contributed by atoms with van der Waals surface area (Å²) in [7, 11) is 0. The molecule has 0 spiro atoms. The van der Waals surface area contributed by atoms with Crippen LogP contribution in [0.5, 0.6) is 0 Å². The van der Waals surface area contributed by atoms with Crippen molar-refractivity contribution in [1.29, 1.82) is 0 Å². The summed E-state index contributed by atoms with van der Waals surface area (Å²) in [5.41, 5.74) is 30.6. The van der Waals surface area contributed by atoms with Crippen LogP contribution >= 0.6 is 0 Å². The van der Waals surface area contributed by atoms with Crippen LogP contribution < -0.4 is 28.7 Å². The Balaban J connectivity index is 1.48. The second-order valence-electron chi connectivity index (χ2n) is 11.6. The molecule has 4 rings (SSSR count). The molecule has 19 atom stereocenters. The third kappa shape index (κ3) is 6.86. The molecule has 3 heterocycles. The van der Waals surface area contributed by atoms with E-state index in [9.17, 15) is 30.6 Å². The number of hydrogen-bond donors (Lipinski definition) is 11. The lowest BCUT2D eigenvalue weighted by atomic mass is 9.84. The summed E-state index contributed by atoms with van der Waals surface area (Å²) in [5.74, 6) is 0. The first-order valence-electron chi connectivity index (χ1n) is 14.0. The molecule has 0 amide bonds. The number of ether oxygens (including phenoxy) is 6. The molecule has 0 aromatic heterocycles. The Morgan fingerprint density at radius 1 is 0.707 bits per heavy atom. The minimum absolute atomic E-state index is 0.143. The van der Waals surface area contributed by atoms with Gasteiger partial charge in [0.15, 0.2) is 18.9 Å². The van der Waals surface area contributed by atoms with Gasteiger partial charge in [0.05, 0.1) is 37.0 Å². The van der Waals surface area contributed by atoms with Crippen molar-refractivity contribution in [3.63, 3.8) is 0 Å². The SMILES string of the molecule is C[C@H](N)[C@H]1O[C@H](O[C@H]2[C@H](O[C@@H]3O[C@H](CO)[C@@H](O[C@H]4O[C@@H](C)[C@@H](O)[C@H](O)[C@H]4N)[C@H]3O)[C@@H](O)[C@H](N)C[C@@H]2N)[C@H](N)C[C@@H]1O. The summed E-state index contributed by atoms with van der Waals surface area (Å²) in [6.07, 6.45) is -16.0. The van der Waals surface area contributed by atoms with E-state index < -0.39 is 123 Å². The van der Waals surface area contributed by atoms with Crippen LogP contribution in [0.2, 0.25) is 0 Å². The fraction of sp³-hybridized carbons (Fsp3) is 1.00. The summed E-state index contributed by atoms with van der Waals surface area (Å²) in [4.78, 5) is 0. The van der Waals surface area contributed by atoms with Crippen molar-refractivity contribution in [1.82, 2.24) is 0 Å². The van der Waals surface area contributed by atoms with Gasteiger partial charge in [-0.25, -0.2) is 0 Å². The molecular formula is C24H47N5O12. The van der Waals surface area contributed by atoms with Crippen LogP contribution in [0.25, 0.3) is 0 Å². The van der Waals surface area contributed by atoms with Crippen LogP contribution in [0.1, 0.15) is 26.7 Å². The molecule has 3 aliphatic heterocycles. The van der Waals surface area contributed by atoms with Crippen LogP contribution in [0, 0.1) is 0 Å². The van der Waals surface area contributed by atoms with Crippen LogP contribution in [-0.4, -0.2) is 153 Å². The zero-order valence-corrected chi connectivity index (χ0v) is 23.1. The number of nitrogens with two attached hydrogens (primary N) is 5. The molecule has 0 radical (unpaired) electrons. The molecule has 16 N–H and O–H groups in total. The Hall–Kier alpha value is -0.680. The van der Waals surface area contributed by atoms with E-state index in [4.69, 9.17) is 57.1 Å². The van der Waals surface area contributed by atoms with Gasteiger partial charge in [-0.05, 0) is 26.7 Å². The van der Waals surface area contributed by atoms with Crippen molar-refractivity contribution in [2.45, 2.75) is 143 Å². The summed E-state index contributed by atoms with van der Waals surface area (Å²) >= 11 is 0. The van der Waals surface area contributed by atoms with E-state index in [2.05, 4.69) is 0 Å². The van der Waals surface area contributed by atoms with Crippen molar-refractivity contribution >= 4 is 0 Å². The Labute approximate surface area is 237 Å². The summed E-state index contributed by atoms with van der Waals surface area (Å²) in [6, 6.07) is -4.01. The Bertz CT molecular complexity index is 851. The topological polar surface area (TPSA) is 307 Å². The van der Waals surface area contributed by atoms with E-state index >= 15 is 0 Å². The molecule has 41 heavy (non-hydrogen) atoms. The molecule has 17 heteroatoms. The number of aliphatic hydroxyl groups excluding tert-OH is 6. The van der Waals surface area contributed by atoms with Gasteiger partial charge in [-0.15, -0.1) is 0 Å². The Morgan fingerprint density at radius 3 is 1.98 bits per heavy atom. The van der Waals surface area contributed by atoms with E-state index in [1.807, 2.05) is 0 Å². The molecule has 4 aliphatic rings. The molecule has 0 aromatic carbocycles. The highest BCUT2D eigenvalue weighted by Crippen LogP contribution is 2.34. The molecule has 3 saturated heterocycles. The van der Waals surface area contributed by atoms with Gasteiger partial charge in [0, 0.05) is 18.1 Å². The Morgan fingerprint density at radius 2 is 1.34 bits per heavy atom. The van der Waals surface area contributed by atoms with Gasteiger partial charge < -0.3 is 87.7 Å². The van der Waals surface area contributed by atoms with Crippen molar-refractivity contribution in [2.75, 3.05) is 6.61 Å². The second kappa shape index (κ2) is 13.5. The van der Waals surface area contributed by atoms with Gasteiger partial charge in [0.1, 0.15) is 48.8 Å². The summed E-state index contributed by atoms with van der Waals surface area (Å²) in [6.45, 7) is 2.60. The fourth-order valence-electron chi connectivity index (χ4n) is 5.85. The number of rotatable bonds is 8. The maximum atomic E-state index is 11.1. The molecule has 4 fully saturated rings. The maximum absolute atomic E-state index is 11.1. The van der Waals surface area contributed by atoms with E-state index in [1.54, 1.807) is 6.92 Å². The lowest BCUT2D eigenvalue weighted by molar-refractivity contribution is -0.297. The molecule has 1 aliphatic carbocycles. The predicted molar refractivity (Wildman–Crippen MR) is 138 cm³/mol. The van der Waals surface area contributed by atoms with E-state index in [-0.39, 0.29) is 12.8 Å². The van der Waals surface area contributed by atoms with Crippen molar-refractivity contribution in [3.8, 4) is 0 Å². The highest BCUT2D eigenvalue weighted by molar-refractivity contribution is 5.01. The standard InChI is InChI=1S/C24H47N5O12/c1-6(25)18-11(31)4-10(28)22(38-18)39-19-9(27)3-8(26)15(33)21(19)41-24-17(35)20(12(5-30)37-24)40-23-13(29)16(34)14(32)7(2)36-23/h6-24,30-35H,3-5,25-29H2,1-2H3/t6-,7-,8+,9-,10+,11-,12+,13+,14+,15-,16+,17+,18+,19+,20+,21+,22+,23+,24-/m0/s1. The first kappa shape index (κ1) is 33.2. The fourth-order valence-corrected chi connectivity index (χ4v) is 5.85. The molecular weight excluding hydrogens is 550 g/mol. The third-order valence-corrected chi connectivity index (χ3v) is 8.35. The van der Waals surface area contributed by atoms with E-state index in [0.29, 0.717) is 0 Å². The molecule has 0 bridgehead atoms. The quantitative estimate of drug-likeness (QED) is 0.124. The lowest BCUT2D eigenvalue weighted by Gasteiger charge is -2.46. The summed E-state index contributed by atoms with van der Waals surface area (Å²) < 4.78 is 35.1. The maximum Gasteiger partial charge on any atom is 0.187 e. The van der Waals surface area contributed by atoms with Crippen molar-refractivity contribution in [2.24, 2.45) is 28.7 Å². The molecule has 17 nitrogen and oxygen atoms in total. The first-order valence-corrected chi connectivity index (χ1v) is 14.0. The minimum atomic E-state index is -1.53. The van der Waals surface area contributed by atoms with Gasteiger partial charge in [0.2, 0.25) is 0 Å². The van der Waals surface area contributed by atoms with Crippen LogP contribution in [0.15, 0.2) is 0 Å². The smallest absolute Gasteiger partial charge is 0.187 e. The van der Waals surface area contributed by atoms with Gasteiger partial charge in [0.25, 0.3) is 0 Å². The van der Waals surface area contributed by atoms with Gasteiger partial charge >= 0.3 is 0 Å². The van der Waals surface area contributed by atoms with Crippen molar-refractivity contribution in [3.05, 3.63) is 0 Å². The normalized spacial score (nSPS) is 53.8. The monoisotopic (exact) mass is 597 g/mol. The van der Waals surface area contributed by atoms with E-state index in [0.717, 1.165) is 0 Å². The van der Waals surface area contributed by atoms with Crippen LogP contribution in [-0.2, 0) is 28.4 Å². The molecule has 0 aromatic rings. The van der Waals surface area contributed by atoms with Gasteiger partial charge in [-0.2, -0.15) is 0 Å². The zero-order valence-electron chi connectivity index (χ0n) is 23.1. The molecule has 240 valence electrons. The summed E-state index contributed by atoms with van der Waals surface area (Å²) in [5, 5.41) is 62.6. The lowest BCUT2D eigenvalue weighted by Crippen LogP contribution is -2.66. The second-order valence-corrected chi connectivity index (χ2v) is 11.6. The molecule has 1 saturated carbocycles. The minimum Gasteiger partial charge on any atom is -0.394 e. The van der Waals surface area contributed by atoms with Gasteiger partial charge in [-0.1, -0.05) is 0 Å². The van der Waals surface area contributed by atoms with Crippen LogP contribution in [0.3, 0.4) is 0 Å². The van der Waals surface area contributed by atoms with Crippen LogP contribution in [0.4, 0.5) is 0 Å². The van der Waals surface area contributed by atoms with E-state index in [1.165, 1.54) is 6.92 Å². The highest BCUT2D eigenvalue weighted by Gasteiger charge is 2.53. The number of hydrogen-bond acceptors (Lipinski definition) is 17. The average molecular weight is 598 g/mol. The highest BCUT2D eigenvalue weighted by atomic mass is 16.8. The average Bonchev–Trinajstić information content (AvgIpc) is 3.21. The van der Waals surface area contributed by atoms with Crippen molar-refractivity contribution < 1.29 is 59.1 Å². The predicted octanol–water partition coefficient (Wildman–Crippen LogP) is -6.42.